The lowest BCUT2D eigenvalue weighted by atomic mass is 10.1. The molecule has 0 unspecified atom stereocenters. The molecule has 0 saturated carbocycles. The monoisotopic (exact) mass is 357 g/mol. The van der Waals surface area contributed by atoms with E-state index in [9.17, 15) is 9.59 Å². The van der Waals surface area contributed by atoms with Gasteiger partial charge < -0.3 is 19.5 Å². The van der Waals surface area contributed by atoms with Gasteiger partial charge in [0.25, 0.3) is 0 Å². The third kappa shape index (κ3) is 3.95. The standard InChI is InChI=1S/C14H16BrNO5/c1-20-11-3-2-10(15)6-9(11)7-13(17)16-4-5-21-12(8-16)14(18)19/h2-3,6,12H,4-5,7-8H2,1H3,(H,18,19)/t12-/m1/s1. The predicted octanol–water partition coefficient (Wildman–Crippen LogP) is 1.31. The van der Waals surface area contributed by atoms with Crippen molar-refractivity contribution >= 4 is 27.8 Å². The number of hydrogen-bond acceptors (Lipinski definition) is 4. The summed E-state index contributed by atoms with van der Waals surface area (Å²) in [6, 6.07) is 5.44. The minimum Gasteiger partial charge on any atom is -0.496 e. The van der Waals surface area contributed by atoms with Gasteiger partial charge in [0.1, 0.15) is 5.75 Å². The van der Waals surface area contributed by atoms with E-state index in [-0.39, 0.29) is 25.5 Å². The van der Waals surface area contributed by atoms with Crippen LogP contribution in [0.25, 0.3) is 0 Å². The van der Waals surface area contributed by atoms with Gasteiger partial charge in [-0.1, -0.05) is 15.9 Å². The van der Waals surface area contributed by atoms with E-state index in [2.05, 4.69) is 15.9 Å². The summed E-state index contributed by atoms with van der Waals surface area (Å²) < 4.78 is 11.2. The maximum atomic E-state index is 12.3. The van der Waals surface area contributed by atoms with Gasteiger partial charge in [0.2, 0.25) is 5.91 Å². The molecule has 0 bridgehead atoms. The Kier molecular flexibility index (Phi) is 5.19. The van der Waals surface area contributed by atoms with Crippen LogP contribution in [-0.4, -0.2) is 54.8 Å². The fraction of sp³-hybridized carbons (Fsp3) is 0.429. The Balaban J connectivity index is 2.07. The number of halogens is 1. The van der Waals surface area contributed by atoms with Crippen molar-refractivity contribution in [2.24, 2.45) is 0 Å². The van der Waals surface area contributed by atoms with Crippen LogP contribution in [0.2, 0.25) is 0 Å². The quantitative estimate of drug-likeness (QED) is 0.879. The highest BCUT2D eigenvalue weighted by Crippen LogP contribution is 2.24. The summed E-state index contributed by atoms with van der Waals surface area (Å²) in [6.07, 6.45) is -0.790. The highest BCUT2D eigenvalue weighted by molar-refractivity contribution is 9.10. The zero-order chi connectivity index (χ0) is 15.4. The highest BCUT2D eigenvalue weighted by atomic mass is 79.9. The summed E-state index contributed by atoms with van der Waals surface area (Å²) in [7, 11) is 1.55. The molecule has 6 nitrogen and oxygen atoms in total. The van der Waals surface area contributed by atoms with Crippen LogP contribution in [0.1, 0.15) is 5.56 Å². The molecule has 1 N–H and O–H groups in total. The Hall–Kier alpha value is -1.60. The number of carboxylic acids is 1. The van der Waals surface area contributed by atoms with Crippen molar-refractivity contribution < 1.29 is 24.2 Å². The SMILES string of the molecule is COc1ccc(Br)cc1CC(=O)N1CCO[C@@H](C(=O)O)C1. The number of aliphatic carboxylic acids is 1. The van der Waals surface area contributed by atoms with Crippen molar-refractivity contribution in [1.29, 1.82) is 0 Å². The molecular weight excluding hydrogens is 342 g/mol. The number of rotatable bonds is 4. The van der Waals surface area contributed by atoms with Crippen molar-refractivity contribution in [3.8, 4) is 5.75 Å². The van der Waals surface area contributed by atoms with Gasteiger partial charge in [-0.3, -0.25) is 4.79 Å². The first kappa shape index (κ1) is 15.8. The van der Waals surface area contributed by atoms with E-state index in [1.165, 1.54) is 4.90 Å². The van der Waals surface area contributed by atoms with Crippen LogP contribution < -0.4 is 4.74 Å². The van der Waals surface area contributed by atoms with Crippen molar-refractivity contribution in [3.63, 3.8) is 0 Å². The molecule has 2 rings (SSSR count). The molecule has 1 heterocycles. The molecule has 1 amide bonds. The maximum absolute atomic E-state index is 12.3. The van der Waals surface area contributed by atoms with Crippen molar-refractivity contribution in [2.75, 3.05) is 26.8 Å². The van der Waals surface area contributed by atoms with Gasteiger partial charge in [0.15, 0.2) is 6.10 Å². The van der Waals surface area contributed by atoms with Crippen LogP contribution in [0.3, 0.4) is 0 Å². The first-order chi connectivity index (χ1) is 10.0. The van der Waals surface area contributed by atoms with E-state index >= 15 is 0 Å². The van der Waals surface area contributed by atoms with Crippen molar-refractivity contribution in [1.82, 2.24) is 4.90 Å². The average Bonchev–Trinajstić information content (AvgIpc) is 2.47. The molecule has 1 atom stereocenters. The Morgan fingerprint density at radius 1 is 1.52 bits per heavy atom. The average molecular weight is 358 g/mol. The lowest BCUT2D eigenvalue weighted by molar-refractivity contribution is -0.159. The second-order valence-electron chi connectivity index (χ2n) is 4.67. The number of amides is 1. The number of hydrogen-bond donors (Lipinski definition) is 1. The van der Waals surface area contributed by atoms with Gasteiger partial charge in [-0.05, 0) is 18.2 Å². The van der Waals surface area contributed by atoms with Crippen LogP contribution in [0.15, 0.2) is 22.7 Å². The van der Waals surface area contributed by atoms with E-state index in [0.29, 0.717) is 12.3 Å². The maximum Gasteiger partial charge on any atom is 0.334 e. The minimum atomic E-state index is -1.05. The molecule has 1 aliphatic rings. The second-order valence-corrected chi connectivity index (χ2v) is 5.59. The number of morpholine rings is 1. The lowest BCUT2D eigenvalue weighted by Crippen LogP contribution is -2.49. The van der Waals surface area contributed by atoms with Gasteiger partial charge in [-0.2, -0.15) is 0 Å². The predicted molar refractivity (Wildman–Crippen MR) is 78.4 cm³/mol. The Bertz CT molecular complexity index is 548. The van der Waals surface area contributed by atoms with Gasteiger partial charge in [0.05, 0.1) is 26.7 Å². The van der Waals surface area contributed by atoms with E-state index in [4.69, 9.17) is 14.6 Å². The third-order valence-corrected chi connectivity index (χ3v) is 3.77. The fourth-order valence-electron chi connectivity index (χ4n) is 2.19. The molecule has 0 aliphatic carbocycles. The molecule has 114 valence electrons. The van der Waals surface area contributed by atoms with Crippen LogP contribution in [0.5, 0.6) is 5.75 Å². The van der Waals surface area contributed by atoms with Crippen LogP contribution in [-0.2, 0) is 20.7 Å². The molecule has 0 aromatic heterocycles. The summed E-state index contributed by atoms with van der Waals surface area (Å²) in [5, 5.41) is 8.96. The zero-order valence-electron chi connectivity index (χ0n) is 11.5. The largest absolute Gasteiger partial charge is 0.496 e. The summed E-state index contributed by atoms with van der Waals surface area (Å²) in [5.41, 5.74) is 0.759. The van der Waals surface area contributed by atoms with Gasteiger partial charge in [0, 0.05) is 16.6 Å². The number of carboxylic acid groups (broad SMARTS) is 1. The van der Waals surface area contributed by atoms with Gasteiger partial charge in [-0.25, -0.2) is 4.79 Å². The Labute approximate surface area is 130 Å². The topological polar surface area (TPSA) is 76.1 Å². The zero-order valence-corrected chi connectivity index (χ0v) is 13.1. The second kappa shape index (κ2) is 6.91. The first-order valence-corrected chi connectivity index (χ1v) is 7.25. The smallest absolute Gasteiger partial charge is 0.334 e. The van der Waals surface area contributed by atoms with E-state index < -0.39 is 12.1 Å². The summed E-state index contributed by atoms with van der Waals surface area (Å²) >= 11 is 3.36. The molecular formula is C14H16BrNO5. The van der Waals surface area contributed by atoms with Crippen LogP contribution >= 0.6 is 15.9 Å². The van der Waals surface area contributed by atoms with Gasteiger partial charge >= 0.3 is 5.97 Å². The van der Waals surface area contributed by atoms with E-state index in [0.717, 1.165) is 10.0 Å². The molecule has 1 aromatic carbocycles. The van der Waals surface area contributed by atoms with E-state index in [1.54, 1.807) is 13.2 Å². The van der Waals surface area contributed by atoms with E-state index in [1.807, 2.05) is 12.1 Å². The molecule has 7 heteroatoms. The third-order valence-electron chi connectivity index (χ3n) is 3.28. The summed E-state index contributed by atoms with van der Waals surface area (Å²) in [5.74, 6) is -0.553. The van der Waals surface area contributed by atoms with Crippen LogP contribution in [0, 0.1) is 0 Å². The number of carbonyl (C=O) groups is 2. The fourth-order valence-corrected chi connectivity index (χ4v) is 2.59. The number of ether oxygens (including phenoxy) is 2. The highest BCUT2D eigenvalue weighted by Gasteiger charge is 2.29. The van der Waals surface area contributed by atoms with Crippen molar-refractivity contribution in [3.05, 3.63) is 28.2 Å². The van der Waals surface area contributed by atoms with Crippen LogP contribution in [0.4, 0.5) is 0 Å². The first-order valence-electron chi connectivity index (χ1n) is 6.46. The normalized spacial score (nSPS) is 18.4. The summed E-state index contributed by atoms with van der Waals surface area (Å²) in [6.45, 7) is 0.710. The Morgan fingerprint density at radius 3 is 2.95 bits per heavy atom. The summed E-state index contributed by atoms with van der Waals surface area (Å²) in [4.78, 5) is 24.8. The molecule has 1 fully saturated rings. The number of nitrogens with zero attached hydrogens (tertiary/aromatic N) is 1. The molecule has 1 aromatic rings. The number of carbonyl (C=O) groups excluding carboxylic acids is 1. The number of methoxy groups -OCH3 is 1. The molecule has 0 radical (unpaired) electrons. The molecule has 1 aliphatic heterocycles. The van der Waals surface area contributed by atoms with Gasteiger partial charge in [-0.15, -0.1) is 0 Å². The minimum absolute atomic E-state index is 0.0739. The number of benzene rings is 1. The molecule has 1 saturated heterocycles. The molecule has 21 heavy (non-hydrogen) atoms. The van der Waals surface area contributed by atoms with Crippen molar-refractivity contribution in [2.45, 2.75) is 12.5 Å². The Morgan fingerprint density at radius 2 is 2.29 bits per heavy atom. The molecule has 0 spiro atoms. The lowest BCUT2D eigenvalue weighted by Gasteiger charge is -2.31.